The van der Waals surface area contributed by atoms with E-state index in [-0.39, 0.29) is 47.2 Å². The van der Waals surface area contributed by atoms with Gasteiger partial charge in [0, 0.05) is 89.5 Å². The van der Waals surface area contributed by atoms with Crippen LogP contribution in [0.3, 0.4) is 0 Å². The first-order chi connectivity index (χ1) is 30.9. The Balaban J connectivity index is 0.000000162. The van der Waals surface area contributed by atoms with Gasteiger partial charge in [-0.1, -0.05) is 0 Å². The van der Waals surface area contributed by atoms with E-state index in [0.29, 0.717) is 73.2 Å². The van der Waals surface area contributed by atoms with Crippen molar-refractivity contribution in [1.82, 2.24) is 29.1 Å². The molecule has 20 heteroatoms. The molecule has 2 atom stereocenters. The van der Waals surface area contributed by atoms with Gasteiger partial charge >= 0.3 is 11.9 Å². The molecule has 10 rings (SSSR count). The summed E-state index contributed by atoms with van der Waals surface area (Å²) >= 11 is 0. The van der Waals surface area contributed by atoms with Crippen molar-refractivity contribution < 1.29 is 38.1 Å². The summed E-state index contributed by atoms with van der Waals surface area (Å²) in [6.45, 7) is 9.25. The van der Waals surface area contributed by atoms with Crippen LogP contribution in [0.2, 0.25) is 0 Å². The number of carboxylic acids is 2. The highest BCUT2D eigenvalue weighted by molar-refractivity contribution is 5.98. The number of hydrogen-bond acceptors (Lipinski definition) is 14. The van der Waals surface area contributed by atoms with Gasteiger partial charge in [-0.2, -0.15) is 0 Å². The minimum Gasteiger partial charge on any atom is -0.487 e. The molecule has 6 aromatic rings. The third-order valence-electron chi connectivity index (χ3n) is 12.1. The van der Waals surface area contributed by atoms with Gasteiger partial charge in [-0.05, 0) is 38.8 Å². The Labute approximate surface area is 363 Å². The Hall–Kier alpha value is -7.38. The summed E-state index contributed by atoms with van der Waals surface area (Å²) in [7, 11) is 0. The van der Waals surface area contributed by atoms with E-state index in [0.717, 1.165) is 49.7 Å². The number of carbonyl (C=O) groups is 2. The van der Waals surface area contributed by atoms with Gasteiger partial charge in [0.2, 0.25) is 10.9 Å². The summed E-state index contributed by atoms with van der Waals surface area (Å²) in [6, 6.07) is 1.90. The molecule has 0 amide bonds. The number of anilines is 4. The van der Waals surface area contributed by atoms with Crippen molar-refractivity contribution in [2.75, 3.05) is 85.2 Å². The molecule has 0 radical (unpaired) electrons. The second-order valence-corrected chi connectivity index (χ2v) is 16.1. The first-order valence-corrected chi connectivity index (χ1v) is 21.0. The lowest BCUT2D eigenvalue weighted by Crippen LogP contribution is -2.33. The van der Waals surface area contributed by atoms with E-state index in [1.807, 2.05) is 23.6 Å². The standard InChI is InChI=1S/2C22H22FN5O4/c2*1-13-12-32-21-18-14(20(29)15(22(30)31)11-28(13)18)9-16(23)19(21)27-6-2-5-26(7-8-27)17-10-24-3-4-25-17/h2*3-4,9-11,13H,2,5-8,12H2,1H3,(H,30,31)/t2*13-/m00/s1. The number of pyridine rings is 2. The van der Waals surface area contributed by atoms with Crippen LogP contribution in [0.15, 0.2) is 71.3 Å². The van der Waals surface area contributed by atoms with Crippen LogP contribution in [0, 0.1) is 11.6 Å². The quantitative estimate of drug-likeness (QED) is 0.235. The van der Waals surface area contributed by atoms with E-state index in [2.05, 4.69) is 29.7 Å². The van der Waals surface area contributed by atoms with Crippen LogP contribution in [0.4, 0.5) is 31.8 Å². The van der Waals surface area contributed by atoms with Gasteiger partial charge in [-0.25, -0.2) is 28.3 Å². The maximum absolute atomic E-state index is 15.4. The second-order valence-electron chi connectivity index (χ2n) is 16.1. The molecule has 2 N–H and O–H groups in total. The minimum absolute atomic E-state index is 0.0173. The second kappa shape index (κ2) is 17.1. The molecule has 18 nitrogen and oxygen atoms in total. The van der Waals surface area contributed by atoms with E-state index >= 15 is 8.78 Å². The molecule has 4 aromatic heterocycles. The van der Waals surface area contributed by atoms with Gasteiger partial charge in [0.1, 0.15) is 47.4 Å². The van der Waals surface area contributed by atoms with Crippen LogP contribution in [-0.4, -0.2) is 117 Å². The number of ether oxygens (including phenoxy) is 2. The highest BCUT2D eigenvalue weighted by Crippen LogP contribution is 2.44. The molecule has 64 heavy (non-hydrogen) atoms. The number of nitrogens with zero attached hydrogens (tertiary/aromatic N) is 10. The Morgan fingerprint density at radius 1 is 0.609 bits per heavy atom. The fourth-order valence-corrected chi connectivity index (χ4v) is 8.97. The Morgan fingerprint density at radius 3 is 1.38 bits per heavy atom. The van der Waals surface area contributed by atoms with Crippen molar-refractivity contribution in [3.05, 3.63) is 105 Å². The Bertz CT molecular complexity index is 2720. The van der Waals surface area contributed by atoms with Crippen molar-refractivity contribution >= 4 is 56.8 Å². The number of carboxylic acid groups (broad SMARTS) is 2. The minimum atomic E-state index is -1.33. The van der Waals surface area contributed by atoms with E-state index < -0.39 is 34.4 Å². The largest absolute Gasteiger partial charge is 0.487 e. The van der Waals surface area contributed by atoms with Gasteiger partial charge in [-0.3, -0.25) is 19.6 Å². The normalized spacial score (nSPS) is 18.4. The lowest BCUT2D eigenvalue weighted by molar-refractivity contribution is 0.0683. The predicted molar refractivity (Wildman–Crippen MR) is 233 cm³/mol. The molecule has 2 aromatic carbocycles. The van der Waals surface area contributed by atoms with E-state index in [9.17, 15) is 29.4 Å². The average molecular weight is 879 g/mol. The Morgan fingerprint density at radius 2 is 1.00 bits per heavy atom. The number of hydrogen-bond donors (Lipinski definition) is 2. The maximum Gasteiger partial charge on any atom is 0.341 e. The topological polar surface area (TPSA) is 202 Å². The molecule has 4 aliphatic rings. The van der Waals surface area contributed by atoms with Crippen LogP contribution >= 0.6 is 0 Å². The first-order valence-electron chi connectivity index (χ1n) is 21.0. The zero-order valence-electron chi connectivity index (χ0n) is 35.0. The van der Waals surface area contributed by atoms with Gasteiger partial charge in [0.05, 0.1) is 46.3 Å². The molecule has 332 valence electrons. The highest BCUT2D eigenvalue weighted by Gasteiger charge is 2.33. The van der Waals surface area contributed by atoms with Gasteiger partial charge in [-0.15, -0.1) is 0 Å². The smallest absolute Gasteiger partial charge is 0.341 e. The van der Waals surface area contributed by atoms with Crippen molar-refractivity contribution in [1.29, 1.82) is 0 Å². The number of benzene rings is 2. The van der Waals surface area contributed by atoms with Gasteiger partial charge < -0.3 is 48.4 Å². The van der Waals surface area contributed by atoms with Crippen LogP contribution < -0.4 is 39.9 Å². The molecular weight excluding hydrogens is 835 g/mol. The van der Waals surface area contributed by atoms with Crippen molar-refractivity contribution in [2.24, 2.45) is 0 Å². The summed E-state index contributed by atoms with van der Waals surface area (Å²) in [5, 5.41) is 18.9. The van der Waals surface area contributed by atoms with E-state index in [4.69, 9.17) is 9.47 Å². The number of halogens is 2. The molecule has 0 unspecified atom stereocenters. The van der Waals surface area contributed by atoms with Crippen LogP contribution in [0.25, 0.3) is 21.8 Å². The van der Waals surface area contributed by atoms with Crippen LogP contribution in [-0.2, 0) is 0 Å². The van der Waals surface area contributed by atoms with Crippen molar-refractivity contribution in [2.45, 2.75) is 38.8 Å². The summed E-state index contributed by atoms with van der Waals surface area (Å²) in [5.74, 6) is -1.73. The van der Waals surface area contributed by atoms with Crippen LogP contribution in [0.5, 0.6) is 11.5 Å². The summed E-state index contributed by atoms with van der Waals surface area (Å²) in [4.78, 5) is 73.7. The molecule has 2 fully saturated rings. The summed E-state index contributed by atoms with van der Waals surface area (Å²) in [6.07, 6.45) is 14.2. The highest BCUT2D eigenvalue weighted by atomic mass is 19.1. The zero-order valence-corrected chi connectivity index (χ0v) is 35.0. The molecule has 0 bridgehead atoms. The zero-order chi connectivity index (χ0) is 44.8. The first kappa shape index (κ1) is 41.9. The van der Waals surface area contributed by atoms with Crippen LogP contribution in [0.1, 0.15) is 59.5 Å². The molecule has 0 aliphatic carbocycles. The maximum atomic E-state index is 15.4. The van der Waals surface area contributed by atoms with Crippen molar-refractivity contribution in [3.8, 4) is 11.5 Å². The average Bonchev–Trinajstić information content (AvgIpc) is 3.70. The van der Waals surface area contributed by atoms with E-state index in [1.165, 1.54) is 12.4 Å². The Kier molecular flexibility index (Phi) is 11.2. The molecule has 4 aliphatic heterocycles. The predicted octanol–water partition coefficient (Wildman–Crippen LogP) is 4.60. The lowest BCUT2D eigenvalue weighted by atomic mass is 10.1. The van der Waals surface area contributed by atoms with E-state index in [1.54, 1.807) is 46.3 Å². The van der Waals surface area contributed by atoms with Gasteiger partial charge in [0.15, 0.2) is 23.1 Å². The lowest BCUT2D eigenvalue weighted by Gasteiger charge is -2.32. The molecule has 8 heterocycles. The molecule has 2 saturated heterocycles. The fourth-order valence-electron chi connectivity index (χ4n) is 8.97. The third kappa shape index (κ3) is 7.51. The number of rotatable bonds is 6. The number of aromatic carboxylic acids is 2. The molecular formula is C44H44F2N10O8. The van der Waals surface area contributed by atoms with Gasteiger partial charge in [0.25, 0.3) is 0 Å². The summed E-state index contributed by atoms with van der Waals surface area (Å²) < 4.78 is 46.2. The number of aromatic nitrogens is 6. The third-order valence-corrected chi connectivity index (χ3v) is 12.1. The SMILES string of the molecule is C[C@H]1COc2c(N3CCCN(c4cnccn4)CC3)c(F)cc3c(=O)c(C(=O)O)cn1c23.C[C@H]1COc2c(N3CCCN(c4cnccn4)CC3)c(F)cc3c(=O)c(C(=O)O)cn1c23. The summed E-state index contributed by atoms with van der Waals surface area (Å²) in [5.41, 5.74) is -0.688. The van der Waals surface area contributed by atoms with Crippen molar-refractivity contribution in [3.63, 3.8) is 0 Å². The molecule has 0 spiro atoms. The fraction of sp³-hybridized carbons (Fsp3) is 0.364. The molecule has 0 saturated carbocycles. The monoisotopic (exact) mass is 878 g/mol.